The minimum absolute atomic E-state index is 0.0259. The van der Waals surface area contributed by atoms with Crippen molar-refractivity contribution in [1.29, 1.82) is 5.41 Å². The van der Waals surface area contributed by atoms with Crippen LogP contribution in [0.5, 0.6) is 0 Å². The van der Waals surface area contributed by atoms with E-state index in [9.17, 15) is 22.8 Å². The molecule has 1 aromatic rings. The Kier molecular flexibility index (Phi) is 9.06. The highest BCUT2D eigenvalue weighted by atomic mass is 19.3. The van der Waals surface area contributed by atoms with Gasteiger partial charge in [-0.15, -0.1) is 0 Å². The fourth-order valence-corrected chi connectivity index (χ4v) is 2.30. The second-order valence-corrected chi connectivity index (χ2v) is 5.53. The fraction of sp³-hybridized carbons (Fsp3) is 0.438. The number of anilines is 2. The van der Waals surface area contributed by atoms with Crippen molar-refractivity contribution in [2.24, 2.45) is 5.73 Å². The van der Waals surface area contributed by atoms with Crippen LogP contribution in [0, 0.1) is 11.2 Å². The van der Waals surface area contributed by atoms with Gasteiger partial charge in [0, 0.05) is 25.8 Å². The molecular weight excluding hydrogens is 367 g/mol. The summed E-state index contributed by atoms with van der Waals surface area (Å²) in [6, 6.07) is 4.27. The molecule has 0 fully saturated rings. The number of carbonyl (C=O) groups is 2. The summed E-state index contributed by atoms with van der Waals surface area (Å²) in [5.74, 6) is -2.06. The monoisotopic (exact) mass is 389 g/mol. The van der Waals surface area contributed by atoms with Gasteiger partial charge in [-0.3, -0.25) is 15.0 Å². The standard InChI is InChI=1S/C16H22F3N5O3/c1-23(8-12(27-10-25)7-22-16(26)15(18)19)11-2-3-14(13(17)6-11)24(9-21)5-4-20/h2-3,6,9-10,12,15,21H,4-5,7-8,20H2,1H3,(H,22,26). The first kappa shape index (κ1) is 22.2. The average molecular weight is 389 g/mol. The third-order valence-corrected chi connectivity index (χ3v) is 3.63. The van der Waals surface area contributed by atoms with Crippen molar-refractivity contribution in [2.45, 2.75) is 12.5 Å². The van der Waals surface area contributed by atoms with Crippen molar-refractivity contribution in [1.82, 2.24) is 5.32 Å². The normalized spacial score (nSPS) is 11.6. The van der Waals surface area contributed by atoms with Gasteiger partial charge < -0.3 is 25.6 Å². The van der Waals surface area contributed by atoms with E-state index >= 15 is 0 Å². The van der Waals surface area contributed by atoms with Crippen LogP contribution in [0.15, 0.2) is 18.2 Å². The molecule has 0 aliphatic rings. The van der Waals surface area contributed by atoms with E-state index in [0.29, 0.717) is 5.69 Å². The first-order chi connectivity index (χ1) is 12.8. The maximum atomic E-state index is 14.4. The van der Waals surface area contributed by atoms with E-state index in [0.717, 1.165) is 6.34 Å². The Hall–Kier alpha value is -2.82. The molecule has 1 aromatic carbocycles. The van der Waals surface area contributed by atoms with E-state index in [4.69, 9.17) is 15.9 Å². The Balaban J connectivity index is 2.82. The van der Waals surface area contributed by atoms with Gasteiger partial charge in [0.05, 0.1) is 25.1 Å². The number of nitrogens with two attached hydrogens (primary N) is 1. The van der Waals surface area contributed by atoms with E-state index in [2.05, 4.69) is 0 Å². The maximum Gasteiger partial charge on any atom is 0.315 e. The summed E-state index contributed by atoms with van der Waals surface area (Å²) in [7, 11) is 1.58. The average Bonchev–Trinajstić information content (AvgIpc) is 2.64. The number of nitrogens with one attached hydrogen (secondary N) is 2. The molecule has 0 saturated carbocycles. The van der Waals surface area contributed by atoms with Crippen molar-refractivity contribution >= 4 is 30.1 Å². The van der Waals surface area contributed by atoms with Gasteiger partial charge in [-0.05, 0) is 18.2 Å². The molecule has 1 amide bonds. The van der Waals surface area contributed by atoms with Crippen LogP contribution in [0.3, 0.4) is 0 Å². The molecule has 1 unspecified atom stereocenters. The SMILES string of the molecule is CN(CC(CNC(=O)C(F)F)OC=O)c1ccc(N(C=N)CCN)c(F)c1. The molecule has 0 aromatic heterocycles. The summed E-state index contributed by atoms with van der Waals surface area (Å²) in [6.07, 6.45) is -3.12. The van der Waals surface area contributed by atoms with E-state index in [1.807, 2.05) is 5.32 Å². The molecule has 0 radical (unpaired) electrons. The smallest absolute Gasteiger partial charge is 0.315 e. The third kappa shape index (κ3) is 6.77. The third-order valence-electron chi connectivity index (χ3n) is 3.63. The minimum Gasteiger partial charge on any atom is -0.461 e. The van der Waals surface area contributed by atoms with Crippen LogP contribution in [-0.2, 0) is 14.3 Å². The lowest BCUT2D eigenvalue weighted by molar-refractivity contribution is -0.136. The zero-order valence-corrected chi connectivity index (χ0v) is 14.7. The number of hydrogen-bond donors (Lipinski definition) is 3. The summed E-state index contributed by atoms with van der Waals surface area (Å²) in [5, 5.41) is 9.28. The van der Waals surface area contributed by atoms with Crippen molar-refractivity contribution in [3.8, 4) is 0 Å². The van der Waals surface area contributed by atoms with E-state index in [1.165, 1.54) is 21.9 Å². The molecule has 1 rings (SSSR count). The molecule has 0 heterocycles. The van der Waals surface area contributed by atoms with E-state index in [1.54, 1.807) is 13.1 Å². The van der Waals surface area contributed by atoms with Crippen molar-refractivity contribution in [2.75, 3.05) is 43.0 Å². The predicted molar refractivity (Wildman–Crippen MR) is 94.8 cm³/mol. The Labute approximate surface area is 154 Å². The summed E-state index contributed by atoms with van der Waals surface area (Å²) in [4.78, 5) is 24.4. The zero-order chi connectivity index (χ0) is 20.4. The van der Waals surface area contributed by atoms with Gasteiger partial charge in [0.1, 0.15) is 11.9 Å². The Bertz CT molecular complexity index is 648. The van der Waals surface area contributed by atoms with Gasteiger partial charge in [0.2, 0.25) is 0 Å². The van der Waals surface area contributed by atoms with Gasteiger partial charge in [0.15, 0.2) is 0 Å². The van der Waals surface area contributed by atoms with Crippen molar-refractivity contribution in [3.05, 3.63) is 24.0 Å². The van der Waals surface area contributed by atoms with Crippen LogP contribution in [-0.4, -0.2) is 64.5 Å². The number of alkyl halides is 2. The molecule has 11 heteroatoms. The lowest BCUT2D eigenvalue weighted by Crippen LogP contribution is -2.42. The number of amides is 1. The second kappa shape index (κ2) is 11.0. The first-order valence-corrected chi connectivity index (χ1v) is 7.97. The number of benzene rings is 1. The number of rotatable bonds is 12. The van der Waals surface area contributed by atoms with Crippen LogP contribution in [0.4, 0.5) is 24.5 Å². The Morgan fingerprint density at radius 1 is 1.44 bits per heavy atom. The number of likely N-dealkylation sites (N-methyl/N-ethyl adjacent to an activating group) is 1. The molecule has 0 bridgehead atoms. The second-order valence-electron chi connectivity index (χ2n) is 5.53. The number of nitrogens with zero attached hydrogens (tertiary/aromatic N) is 2. The molecule has 0 saturated heterocycles. The van der Waals surface area contributed by atoms with E-state index in [-0.39, 0.29) is 38.3 Å². The molecular formula is C16H22F3N5O3. The summed E-state index contributed by atoms with van der Waals surface area (Å²) >= 11 is 0. The lowest BCUT2D eigenvalue weighted by Gasteiger charge is -2.26. The number of carbonyl (C=O) groups excluding carboxylic acids is 2. The Morgan fingerprint density at radius 3 is 2.67 bits per heavy atom. The van der Waals surface area contributed by atoms with E-state index < -0.39 is 24.3 Å². The largest absolute Gasteiger partial charge is 0.461 e. The lowest BCUT2D eigenvalue weighted by atomic mass is 10.2. The van der Waals surface area contributed by atoms with Crippen LogP contribution in [0.1, 0.15) is 0 Å². The molecule has 27 heavy (non-hydrogen) atoms. The number of hydrogen-bond acceptors (Lipinski definition) is 6. The topological polar surface area (TPSA) is 112 Å². The van der Waals surface area contributed by atoms with Crippen LogP contribution >= 0.6 is 0 Å². The maximum absolute atomic E-state index is 14.4. The van der Waals surface area contributed by atoms with Crippen molar-refractivity contribution in [3.63, 3.8) is 0 Å². The molecule has 0 aliphatic heterocycles. The first-order valence-electron chi connectivity index (χ1n) is 7.97. The van der Waals surface area contributed by atoms with Gasteiger partial charge in [-0.2, -0.15) is 8.78 Å². The van der Waals surface area contributed by atoms with Gasteiger partial charge in [0.25, 0.3) is 12.4 Å². The Morgan fingerprint density at radius 2 is 2.15 bits per heavy atom. The molecule has 0 aliphatic carbocycles. The molecule has 1 atom stereocenters. The number of halogens is 3. The molecule has 0 spiro atoms. The zero-order valence-electron chi connectivity index (χ0n) is 14.7. The summed E-state index contributed by atoms with van der Waals surface area (Å²) in [5.41, 5.74) is 6.03. The molecule has 8 nitrogen and oxygen atoms in total. The minimum atomic E-state index is -3.17. The highest BCUT2D eigenvalue weighted by Crippen LogP contribution is 2.24. The van der Waals surface area contributed by atoms with Gasteiger partial charge in [-0.25, -0.2) is 4.39 Å². The summed E-state index contributed by atoms with van der Waals surface area (Å²) in [6.45, 7) is 0.370. The summed E-state index contributed by atoms with van der Waals surface area (Å²) < 4.78 is 43.6. The molecule has 150 valence electrons. The number of ether oxygens (including phenoxy) is 1. The molecule has 4 N–H and O–H groups in total. The van der Waals surface area contributed by atoms with Crippen molar-refractivity contribution < 1.29 is 27.5 Å². The highest BCUT2D eigenvalue weighted by Gasteiger charge is 2.20. The van der Waals surface area contributed by atoms with Gasteiger partial charge >= 0.3 is 6.43 Å². The van der Waals surface area contributed by atoms with Crippen LogP contribution in [0.2, 0.25) is 0 Å². The quantitative estimate of drug-likeness (QED) is 0.274. The van der Waals surface area contributed by atoms with Crippen LogP contribution < -0.4 is 20.9 Å². The van der Waals surface area contributed by atoms with Crippen LogP contribution in [0.25, 0.3) is 0 Å². The highest BCUT2D eigenvalue weighted by molar-refractivity contribution is 5.79. The predicted octanol–water partition coefficient (Wildman–Crippen LogP) is 0.557. The fourth-order valence-electron chi connectivity index (χ4n) is 2.30. The van der Waals surface area contributed by atoms with Gasteiger partial charge in [-0.1, -0.05) is 0 Å².